The predicted molar refractivity (Wildman–Crippen MR) is 114 cm³/mol. The summed E-state index contributed by atoms with van der Waals surface area (Å²) in [4.78, 5) is 37.1. The van der Waals surface area contributed by atoms with Crippen molar-refractivity contribution in [2.75, 3.05) is 18.5 Å². The number of carboxylic acid groups (broad SMARTS) is 1. The summed E-state index contributed by atoms with van der Waals surface area (Å²) < 4.78 is 23.0. The largest absolute Gasteiger partial charge is 0.481 e. The molecule has 0 radical (unpaired) electrons. The van der Waals surface area contributed by atoms with Crippen LogP contribution in [-0.2, 0) is 16.1 Å². The van der Waals surface area contributed by atoms with Gasteiger partial charge in [0.25, 0.3) is 5.56 Å². The van der Waals surface area contributed by atoms with Crippen molar-refractivity contribution in [2.24, 2.45) is 0 Å². The third-order valence-electron chi connectivity index (χ3n) is 6.27. The fraction of sp³-hybridized carbons (Fsp3) is 0.591. The quantitative estimate of drug-likeness (QED) is 0.696. The summed E-state index contributed by atoms with van der Waals surface area (Å²) in [6.07, 6.45) is 5.90. The molecule has 31 heavy (non-hydrogen) atoms. The zero-order valence-electron chi connectivity index (χ0n) is 17.4. The van der Waals surface area contributed by atoms with E-state index in [1.165, 1.54) is 17.1 Å². The van der Waals surface area contributed by atoms with Gasteiger partial charge in [-0.2, -0.15) is 0 Å². The number of hydrogen-bond donors (Lipinski definition) is 2. The second-order valence-electron chi connectivity index (χ2n) is 8.45. The Hall–Kier alpha value is -2.68. The Labute approximate surface area is 178 Å². The van der Waals surface area contributed by atoms with Crippen LogP contribution in [0.3, 0.4) is 0 Å². The molecule has 1 atom stereocenters. The van der Waals surface area contributed by atoms with E-state index in [4.69, 9.17) is 9.84 Å². The summed E-state index contributed by atoms with van der Waals surface area (Å²) in [5.41, 5.74) is -0.411. The number of rotatable bonds is 7. The van der Waals surface area contributed by atoms with Gasteiger partial charge in [0.05, 0.1) is 29.2 Å². The Morgan fingerprint density at radius 3 is 2.65 bits per heavy atom. The summed E-state index contributed by atoms with van der Waals surface area (Å²) in [7, 11) is 0. The summed E-state index contributed by atoms with van der Waals surface area (Å²) in [5.74, 6) is -1.53. The maximum atomic E-state index is 15.0. The van der Waals surface area contributed by atoms with Gasteiger partial charge < -0.3 is 15.2 Å². The zero-order valence-corrected chi connectivity index (χ0v) is 17.4. The number of benzene rings is 1. The minimum atomic E-state index is -0.997. The van der Waals surface area contributed by atoms with Crippen LogP contribution in [-0.4, -0.2) is 39.5 Å². The molecule has 2 aliphatic rings. The number of carboxylic acids is 1. The number of anilines is 1. The first kappa shape index (κ1) is 21.5. The van der Waals surface area contributed by atoms with Gasteiger partial charge in [0.2, 0.25) is 0 Å². The Bertz CT molecular complexity index is 1080. The molecule has 1 saturated heterocycles. The molecule has 2 fully saturated rings. The number of aromatic nitrogens is 2. The van der Waals surface area contributed by atoms with Gasteiger partial charge in [-0.3, -0.25) is 18.7 Å². The fourth-order valence-electron chi connectivity index (χ4n) is 4.64. The second kappa shape index (κ2) is 9.21. The number of aliphatic carboxylic acids is 1. The van der Waals surface area contributed by atoms with Crippen molar-refractivity contribution < 1.29 is 19.0 Å². The first-order valence-electron chi connectivity index (χ1n) is 11.0. The first-order valence-corrected chi connectivity index (χ1v) is 11.0. The molecule has 2 heterocycles. The number of hydrogen-bond acceptors (Lipinski definition) is 5. The molecule has 0 bridgehead atoms. The minimum Gasteiger partial charge on any atom is -0.481 e. The molecule has 0 spiro atoms. The Morgan fingerprint density at radius 2 is 1.97 bits per heavy atom. The van der Waals surface area contributed by atoms with Gasteiger partial charge in [0.1, 0.15) is 5.82 Å². The number of ether oxygens (including phenoxy) is 1. The van der Waals surface area contributed by atoms with Crippen LogP contribution in [0.1, 0.15) is 57.4 Å². The van der Waals surface area contributed by atoms with Gasteiger partial charge in [-0.05, 0) is 37.8 Å². The lowest BCUT2D eigenvalue weighted by molar-refractivity contribution is -0.137. The highest BCUT2D eigenvalue weighted by Crippen LogP contribution is 2.28. The van der Waals surface area contributed by atoms with Gasteiger partial charge >= 0.3 is 11.7 Å². The van der Waals surface area contributed by atoms with E-state index < -0.39 is 23.0 Å². The topological polar surface area (TPSA) is 103 Å². The third-order valence-corrected chi connectivity index (χ3v) is 6.27. The van der Waals surface area contributed by atoms with Crippen LogP contribution in [0.4, 0.5) is 10.1 Å². The number of nitrogens with zero attached hydrogens (tertiary/aromatic N) is 2. The zero-order chi connectivity index (χ0) is 22.0. The molecule has 1 aromatic heterocycles. The maximum absolute atomic E-state index is 15.0. The normalized spacial score (nSPS) is 19.7. The SMILES string of the molecule is O=C(O)CCCn1c(=O)c2cc(F)c(NC3CCCCC3)cc2n([C@@H]2CCOC2)c1=O. The highest BCUT2D eigenvalue weighted by Gasteiger charge is 2.25. The summed E-state index contributed by atoms with van der Waals surface area (Å²) in [6, 6.07) is 2.69. The summed E-state index contributed by atoms with van der Waals surface area (Å²) in [6.45, 7) is 0.813. The van der Waals surface area contributed by atoms with Crippen molar-refractivity contribution in [3.05, 3.63) is 38.8 Å². The first-order chi connectivity index (χ1) is 15.0. The molecular formula is C22H28FN3O5. The highest BCUT2D eigenvalue weighted by molar-refractivity contribution is 5.82. The van der Waals surface area contributed by atoms with E-state index in [0.29, 0.717) is 30.8 Å². The summed E-state index contributed by atoms with van der Waals surface area (Å²) in [5, 5.41) is 12.3. The number of halogens is 1. The van der Waals surface area contributed by atoms with Crippen molar-refractivity contribution in [2.45, 2.75) is 70.0 Å². The molecule has 1 aliphatic carbocycles. The number of nitrogens with one attached hydrogen (secondary N) is 1. The molecular weight excluding hydrogens is 405 g/mol. The van der Waals surface area contributed by atoms with Crippen LogP contribution in [0.15, 0.2) is 21.7 Å². The van der Waals surface area contributed by atoms with Gasteiger partial charge in [-0.25, -0.2) is 9.18 Å². The van der Waals surface area contributed by atoms with E-state index in [1.54, 1.807) is 6.07 Å². The molecule has 1 aromatic carbocycles. The summed E-state index contributed by atoms with van der Waals surface area (Å²) >= 11 is 0. The van der Waals surface area contributed by atoms with E-state index in [2.05, 4.69) is 5.32 Å². The molecule has 168 valence electrons. The van der Waals surface area contributed by atoms with Crippen molar-refractivity contribution in [3.63, 3.8) is 0 Å². The number of carbonyl (C=O) groups is 1. The number of fused-ring (bicyclic) bond motifs is 1. The van der Waals surface area contributed by atoms with E-state index in [9.17, 15) is 18.8 Å². The van der Waals surface area contributed by atoms with Crippen molar-refractivity contribution in [1.29, 1.82) is 0 Å². The average molecular weight is 433 g/mol. The molecule has 2 aromatic rings. The Kier molecular flexibility index (Phi) is 6.41. The molecule has 1 aliphatic heterocycles. The molecule has 1 saturated carbocycles. The lowest BCUT2D eigenvalue weighted by Gasteiger charge is -2.25. The Morgan fingerprint density at radius 1 is 1.19 bits per heavy atom. The molecule has 4 rings (SSSR count). The van der Waals surface area contributed by atoms with Crippen LogP contribution in [0.2, 0.25) is 0 Å². The van der Waals surface area contributed by atoms with Crippen LogP contribution < -0.4 is 16.6 Å². The molecule has 9 heteroatoms. The Balaban J connectivity index is 1.81. The highest BCUT2D eigenvalue weighted by atomic mass is 19.1. The van der Waals surface area contributed by atoms with Crippen molar-refractivity contribution >= 4 is 22.6 Å². The van der Waals surface area contributed by atoms with Gasteiger partial charge in [0, 0.05) is 25.6 Å². The van der Waals surface area contributed by atoms with Gasteiger partial charge in [0.15, 0.2) is 0 Å². The van der Waals surface area contributed by atoms with Crippen LogP contribution in [0.25, 0.3) is 10.9 Å². The maximum Gasteiger partial charge on any atom is 0.331 e. The minimum absolute atomic E-state index is 0.0306. The van der Waals surface area contributed by atoms with Crippen LogP contribution in [0.5, 0.6) is 0 Å². The second-order valence-corrected chi connectivity index (χ2v) is 8.45. The van der Waals surface area contributed by atoms with Crippen LogP contribution in [0, 0.1) is 5.82 Å². The molecule has 2 N–H and O–H groups in total. The molecule has 0 unspecified atom stereocenters. The van der Waals surface area contributed by atoms with Crippen molar-refractivity contribution in [3.8, 4) is 0 Å². The molecule has 0 amide bonds. The lowest BCUT2D eigenvalue weighted by Crippen LogP contribution is -2.42. The molecule has 8 nitrogen and oxygen atoms in total. The smallest absolute Gasteiger partial charge is 0.331 e. The standard InChI is InChI=1S/C22H28FN3O5/c23-17-11-16-19(12-18(17)24-14-5-2-1-3-6-14)26(15-8-10-31-13-15)22(30)25(21(16)29)9-4-7-20(27)28/h11-12,14-15,24H,1-10,13H2,(H,27,28)/t15-/m1/s1. The average Bonchev–Trinajstić information content (AvgIpc) is 3.27. The van der Waals surface area contributed by atoms with E-state index in [-0.39, 0.29) is 36.9 Å². The van der Waals surface area contributed by atoms with Gasteiger partial charge in [-0.1, -0.05) is 19.3 Å². The predicted octanol–water partition coefficient (Wildman–Crippen LogP) is 2.87. The lowest BCUT2D eigenvalue weighted by atomic mass is 9.95. The van der Waals surface area contributed by atoms with E-state index >= 15 is 0 Å². The fourth-order valence-corrected chi connectivity index (χ4v) is 4.64. The monoisotopic (exact) mass is 433 g/mol. The third kappa shape index (κ3) is 4.51. The van der Waals surface area contributed by atoms with Crippen molar-refractivity contribution in [1.82, 2.24) is 9.13 Å². The van der Waals surface area contributed by atoms with E-state index in [0.717, 1.165) is 30.3 Å². The van der Waals surface area contributed by atoms with Crippen LogP contribution >= 0.6 is 0 Å². The van der Waals surface area contributed by atoms with E-state index in [1.807, 2.05) is 0 Å². The van der Waals surface area contributed by atoms with Gasteiger partial charge in [-0.15, -0.1) is 0 Å².